The summed E-state index contributed by atoms with van der Waals surface area (Å²) in [5, 5.41) is 6.27. The second-order valence-corrected chi connectivity index (χ2v) is 5.71. The van der Waals surface area contributed by atoms with E-state index in [1.165, 1.54) is 6.07 Å². The van der Waals surface area contributed by atoms with Gasteiger partial charge in [0, 0.05) is 17.4 Å². The van der Waals surface area contributed by atoms with Crippen LogP contribution in [0.15, 0.2) is 48.5 Å². The molecule has 0 aliphatic heterocycles. The molecule has 0 aliphatic rings. The van der Waals surface area contributed by atoms with Gasteiger partial charge in [-0.15, -0.1) is 0 Å². The highest BCUT2D eigenvalue weighted by molar-refractivity contribution is 5.65. The predicted octanol–water partition coefficient (Wildman–Crippen LogP) is 5.03. The highest BCUT2D eigenvalue weighted by atomic mass is 19.1. The molecule has 0 saturated carbocycles. The molecule has 2 N–H and O–H groups in total. The zero-order valence-corrected chi connectivity index (χ0v) is 13.9. The third-order valence-electron chi connectivity index (χ3n) is 3.71. The Morgan fingerprint density at radius 1 is 0.833 bits per heavy atom. The molecule has 0 unspecified atom stereocenters. The number of anilines is 4. The maximum Gasteiger partial charge on any atom is 0.229 e. The van der Waals surface area contributed by atoms with Gasteiger partial charge in [0.1, 0.15) is 11.6 Å². The van der Waals surface area contributed by atoms with E-state index in [2.05, 4.69) is 20.6 Å². The Morgan fingerprint density at radius 2 is 1.54 bits per heavy atom. The molecule has 0 bridgehead atoms. The SMILES string of the molecule is Cc1cc(Nc2ccccc2F)nc(Nc2c(C)cccc2C)n1. The first-order valence-electron chi connectivity index (χ1n) is 7.73. The number of halogens is 1. The summed E-state index contributed by atoms with van der Waals surface area (Å²) in [6.07, 6.45) is 0. The van der Waals surface area contributed by atoms with Crippen LogP contribution in [0.5, 0.6) is 0 Å². The predicted molar refractivity (Wildman–Crippen MR) is 95.7 cm³/mol. The Kier molecular flexibility index (Phi) is 4.42. The monoisotopic (exact) mass is 322 g/mol. The lowest BCUT2D eigenvalue weighted by molar-refractivity contribution is 0.632. The van der Waals surface area contributed by atoms with E-state index < -0.39 is 0 Å². The summed E-state index contributed by atoms with van der Waals surface area (Å²) in [6, 6.07) is 14.4. The van der Waals surface area contributed by atoms with Crippen LogP contribution in [0.4, 0.5) is 27.5 Å². The van der Waals surface area contributed by atoms with Gasteiger partial charge < -0.3 is 10.6 Å². The van der Waals surface area contributed by atoms with Crippen LogP contribution < -0.4 is 10.6 Å². The van der Waals surface area contributed by atoms with Gasteiger partial charge in [-0.3, -0.25) is 0 Å². The quantitative estimate of drug-likeness (QED) is 0.707. The van der Waals surface area contributed by atoms with E-state index in [0.717, 1.165) is 22.5 Å². The van der Waals surface area contributed by atoms with Crippen molar-refractivity contribution >= 4 is 23.1 Å². The van der Waals surface area contributed by atoms with E-state index in [1.807, 2.05) is 39.0 Å². The zero-order chi connectivity index (χ0) is 17.1. The average Bonchev–Trinajstić information content (AvgIpc) is 2.53. The molecule has 0 aliphatic carbocycles. The molecule has 3 aromatic rings. The van der Waals surface area contributed by atoms with Crippen molar-refractivity contribution < 1.29 is 4.39 Å². The van der Waals surface area contributed by atoms with Crippen LogP contribution in [-0.2, 0) is 0 Å². The van der Waals surface area contributed by atoms with Crippen molar-refractivity contribution in [1.82, 2.24) is 9.97 Å². The first kappa shape index (κ1) is 15.9. The maximum absolute atomic E-state index is 13.8. The van der Waals surface area contributed by atoms with E-state index in [9.17, 15) is 4.39 Å². The number of nitrogens with one attached hydrogen (secondary N) is 2. The molecule has 0 spiro atoms. The van der Waals surface area contributed by atoms with Gasteiger partial charge in [0.2, 0.25) is 5.95 Å². The summed E-state index contributed by atoms with van der Waals surface area (Å²) in [6.45, 7) is 5.94. The first-order chi connectivity index (χ1) is 11.5. The first-order valence-corrected chi connectivity index (χ1v) is 7.73. The lowest BCUT2D eigenvalue weighted by Crippen LogP contribution is -2.04. The Balaban J connectivity index is 1.91. The molecule has 0 amide bonds. The largest absolute Gasteiger partial charge is 0.338 e. The average molecular weight is 322 g/mol. The van der Waals surface area contributed by atoms with E-state index in [-0.39, 0.29) is 5.82 Å². The number of hydrogen-bond donors (Lipinski definition) is 2. The number of nitrogens with zero attached hydrogens (tertiary/aromatic N) is 2. The Labute approximate surface area is 140 Å². The summed E-state index contributed by atoms with van der Waals surface area (Å²) >= 11 is 0. The third kappa shape index (κ3) is 3.51. The number of hydrogen-bond acceptors (Lipinski definition) is 4. The molecule has 1 heterocycles. The summed E-state index contributed by atoms with van der Waals surface area (Å²) in [7, 11) is 0. The van der Waals surface area contributed by atoms with Crippen LogP contribution in [-0.4, -0.2) is 9.97 Å². The van der Waals surface area contributed by atoms with Crippen LogP contribution in [0, 0.1) is 26.6 Å². The summed E-state index contributed by atoms with van der Waals surface area (Å²) in [5.41, 5.74) is 4.39. The lowest BCUT2D eigenvalue weighted by atomic mass is 10.1. The Bertz CT molecular complexity index is 857. The van der Waals surface area contributed by atoms with Crippen LogP contribution in [0.25, 0.3) is 0 Å². The van der Waals surface area contributed by atoms with Gasteiger partial charge in [0.25, 0.3) is 0 Å². The van der Waals surface area contributed by atoms with Gasteiger partial charge in [-0.1, -0.05) is 30.3 Å². The Morgan fingerprint density at radius 3 is 2.25 bits per heavy atom. The standard InChI is InChI=1S/C19H19FN4/c1-12-7-6-8-13(2)18(12)24-19-21-14(3)11-17(23-19)22-16-10-5-4-9-15(16)20/h4-11H,1-3H3,(H2,21,22,23,24). The summed E-state index contributed by atoms with van der Waals surface area (Å²) in [4.78, 5) is 8.87. The topological polar surface area (TPSA) is 49.8 Å². The molecule has 0 atom stereocenters. The molecule has 1 aromatic heterocycles. The van der Waals surface area contributed by atoms with Crippen molar-refractivity contribution in [2.75, 3.05) is 10.6 Å². The number of benzene rings is 2. The summed E-state index contributed by atoms with van der Waals surface area (Å²) in [5.74, 6) is 0.700. The molecule has 5 heteroatoms. The number of rotatable bonds is 4. The van der Waals surface area contributed by atoms with Gasteiger partial charge in [-0.25, -0.2) is 9.37 Å². The smallest absolute Gasteiger partial charge is 0.229 e. The van der Waals surface area contributed by atoms with Gasteiger partial charge in [-0.05, 0) is 44.0 Å². The fourth-order valence-electron chi connectivity index (χ4n) is 2.51. The number of aromatic nitrogens is 2. The van der Waals surface area contributed by atoms with E-state index in [4.69, 9.17) is 0 Å². The minimum Gasteiger partial charge on any atom is -0.338 e. The van der Waals surface area contributed by atoms with Crippen molar-refractivity contribution in [1.29, 1.82) is 0 Å². The van der Waals surface area contributed by atoms with E-state index in [0.29, 0.717) is 17.5 Å². The molecule has 0 saturated heterocycles. The van der Waals surface area contributed by atoms with Crippen molar-refractivity contribution in [3.63, 3.8) is 0 Å². The van der Waals surface area contributed by atoms with Crippen LogP contribution in [0.1, 0.15) is 16.8 Å². The molecule has 3 rings (SSSR count). The van der Waals surface area contributed by atoms with Crippen LogP contribution in [0.3, 0.4) is 0 Å². The highest BCUT2D eigenvalue weighted by Gasteiger charge is 2.08. The molecule has 2 aromatic carbocycles. The van der Waals surface area contributed by atoms with Gasteiger partial charge in [0.15, 0.2) is 0 Å². The molecule has 4 nitrogen and oxygen atoms in total. The summed E-state index contributed by atoms with van der Waals surface area (Å²) < 4.78 is 13.8. The number of aryl methyl sites for hydroxylation is 3. The fourth-order valence-corrected chi connectivity index (χ4v) is 2.51. The highest BCUT2D eigenvalue weighted by Crippen LogP contribution is 2.24. The minimum absolute atomic E-state index is 0.321. The molecular weight excluding hydrogens is 303 g/mol. The normalized spacial score (nSPS) is 10.5. The Hall–Kier alpha value is -2.95. The van der Waals surface area contributed by atoms with Crippen molar-refractivity contribution in [2.45, 2.75) is 20.8 Å². The third-order valence-corrected chi connectivity index (χ3v) is 3.71. The number of para-hydroxylation sites is 2. The van der Waals surface area contributed by atoms with E-state index in [1.54, 1.807) is 24.3 Å². The molecule has 0 radical (unpaired) electrons. The molecule has 24 heavy (non-hydrogen) atoms. The van der Waals surface area contributed by atoms with Crippen molar-refractivity contribution in [2.24, 2.45) is 0 Å². The second-order valence-electron chi connectivity index (χ2n) is 5.71. The fraction of sp³-hybridized carbons (Fsp3) is 0.158. The van der Waals surface area contributed by atoms with Crippen molar-refractivity contribution in [3.8, 4) is 0 Å². The molecular formula is C19H19FN4. The van der Waals surface area contributed by atoms with Crippen LogP contribution in [0.2, 0.25) is 0 Å². The maximum atomic E-state index is 13.8. The lowest BCUT2D eigenvalue weighted by Gasteiger charge is -2.13. The van der Waals surface area contributed by atoms with Gasteiger partial charge in [0.05, 0.1) is 5.69 Å². The van der Waals surface area contributed by atoms with Gasteiger partial charge >= 0.3 is 0 Å². The molecule has 0 fully saturated rings. The molecule has 122 valence electrons. The van der Waals surface area contributed by atoms with Crippen molar-refractivity contribution in [3.05, 3.63) is 71.2 Å². The second kappa shape index (κ2) is 6.66. The van der Waals surface area contributed by atoms with Gasteiger partial charge in [-0.2, -0.15) is 4.98 Å². The van der Waals surface area contributed by atoms with Crippen LogP contribution >= 0.6 is 0 Å². The zero-order valence-electron chi connectivity index (χ0n) is 13.9. The minimum atomic E-state index is -0.321. The van der Waals surface area contributed by atoms with E-state index >= 15 is 0 Å².